The number of anilines is 2. The van der Waals surface area contributed by atoms with Gasteiger partial charge in [-0.05, 0) is 50.2 Å². The van der Waals surface area contributed by atoms with Crippen molar-refractivity contribution in [2.45, 2.75) is 18.9 Å². The molecule has 0 spiro atoms. The molecule has 11 heteroatoms. The van der Waals surface area contributed by atoms with Gasteiger partial charge in [0.2, 0.25) is 0 Å². The van der Waals surface area contributed by atoms with Crippen LogP contribution in [0.15, 0.2) is 49.1 Å². The fourth-order valence-corrected chi connectivity index (χ4v) is 5.04. The summed E-state index contributed by atoms with van der Waals surface area (Å²) in [7, 11) is 3.42. The lowest BCUT2D eigenvalue weighted by Gasteiger charge is -2.23. The van der Waals surface area contributed by atoms with E-state index < -0.39 is 0 Å². The molecule has 11 nitrogen and oxygen atoms in total. The Morgan fingerprint density at radius 2 is 2.03 bits per heavy atom. The number of nitrogens with one attached hydrogen (secondary N) is 2. The van der Waals surface area contributed by atoms with Gasteiger partial charge in [0.1, 0.15) is 29.3 Å². The van der Waals surface area contributed by atoms with Crippen LogP contribution in [0, 0.1) is 0 Å². The van der Waals surface area contributed by atoms with Gasteiger partial charge in [-0.25, -0.2) is 14.6 Å². The second-order valence-corrected chi connectivity index (χ2v) is 9.12. The summed E-state index contributed by atoms with van der Waals surface area (Å²) < 4.78 is 9.48. The van der Waals surface area contributed by atoms with E-state index in [2.05, 4.69) is 25.6 Å². The zero-order valence-corrected chi connectivity index (χ0v) is 20.6. The Bertz CT molecular complexity index is 1630. The van der Waals surface area contributed by atoms with Crippen molar-refractivity contribution >= 4 is 39.3 Å². The number of aromatic nitrogens is 6. The molecule has 188 valence electrons. The van der Waals surface area contributed by atoms with E-state index in [0.717, 1.165) is 48.0 Å². The van der Waals surface area contributed by atoms with Crippen LogP contribution >= 0.6 is 0 Å². The highest BCUT2D eigenvalue weighted by Crippen LogP contribution is 2.37. The lowest BCUT2D eigenvalue weighted by molar-refractivity contribution is 0.101. The molecule has 6 rings (SSSR count). The fourth-order valence-electron chi connectivity index (χ4n) is 5.04. The number of aryl methyl sites for hydroxylation is 1. The van der Waals surface area contributed by atoms with Crippen molar-refractivity contribution in [3.8, 4) is 17.0 Å². The molecule has 1 aromatic carbocycles. The van der Waals surface area contributed by atoms with Gasteiger partial charge in [0.05, 0.1) is 29.7 Å². The number of nitrogens with two attached hydrogens (primary N) is 1. The molecule has 5 aromatic rings. The number of nitrogen functional groups attached to an aromatic ring is 1. The topological polar surface area (TPSA) is 138 Å². The molecule has 1 amide bonds. The smallest absolute Gasteiger partial charge is 0.272 e. The first-order valence-electron chi connectivity index (χ1n) is 12.1. The number of rotatable bonds is 5. The number of hydrogen-bond donors (Lipinski definition) is 3. The van der Waals surface area contributed by atoms with Crippen LogP contribution in [-0.2, 0) is 7.05 Å². The van der Waals surface area contributed by atoms with Crippen LogP contribution in [0.5, 0.6) is 5.75 Å². The van der Waals surface area contributed by atoms with E-state index in [1.807, 2.05) is 46.6 Å². The van der Waals surface area contributed by atoms with Crippen LogP contribution in [0.1, 0.15) is 29.4 Å². The number of benzene rings is 1. The number of pyridine rings is 1. The highest BCUT2D eigenvalue weighted by Gasteiger charge is 2.24. The number of nitrogens with zero attached hydrogens (tertiary/aromatic N) is 6. The molecule has 0 bridgehead atoms. The van der Waals surface area contributed by atoms with Crippen LogP contribution in [-0.4, -0.2) is 55.4 Å². The fraction of sp³-hybridized carbons (Fsp3) is 0.269. The summed E-state index contributed by atoms with van der Waals surface area (Å²) in [5.41, 5.74) is 10.5. The van der Waals surface area contributed by atoms with E-state index in [0.29, 0.717) is 34.0 Å². The number of amides is 1. The Morgan fingerprint density at radius 3 is 2.81 bits per heavy atom. The number of carbonyl (C=O) groups excluding carboxylic acids is 1. The minimum atomic E-state index is -0.247. The minimum absolute atomic E-state index is 0.225. The Kier molecular flexibility index (Phi) is 5.68. The molecule has 4 aromatic heterocycles. The zero-order valence-electron chi connectivity index (χ0n) is 20.6. The van der Waals surface area contributed by atoms with Crippen molar-refractivity contribution in [2.24, 2.45) is 7.05 Å². The molecule has 0 radical (unpaired) electrons. The third kappa shape index (κ3) is 3.93. The van der Waals surface area contributed by atoms with Crippen LogP contribution in [0.4, 0.5) is 11.5 Å². The summed E-state index contributed by atoms with van der Waals surface area (Å²) in [4.78, 5) is 26.0. The number of fused-ring (bicyclic) bond motifs is 2. The Balaban J connectivity index is 1.37. The van der Waals surface area contributed by atoms with Gasteiger partial charge >= 0.3 is 0 Å². The molecule has 1 fully saturated rings. The van der Waals surface area contributed by atoms with Gasteiger partial charge < -0.3 is 25.7 Å². The third-order valence-electron chi connectivity index (χ3n) is 6.97. The van der Waals surface area contributed by atoms with E-state index in [4.69, 9.17) is 15.6 Å². The van der Waals surface area contributed by atoms with Crippen LogP contribution in [0.3, 0.4) is 0 Å². The largest absolute Gasteiger partial charge is 0.495 e. The summed E-state index contributed by atoms with van der Waals surface area (Å²) in [6, 6.07) is 9.48. The van der Waals surface area contributed by atoms with Crippen molar-refractivity contribution in [3.63, 3.8) is 0 Å². The monoisotopic (exact) mass is 497 g/mol. The summed E-state index contributed by atoms with van der Waals surface area (Å²) >= 11 is 0. The van der Waals surface area contributed by atoms with E-state index in [9.17, 15) is 4.79 Å². The third-order valence-corrected chi connectivity index (χ3v) is 6.97. The molecule has 4 N–H and O–H groups in total. The summed E-state index contributed by atoms with van der Waals surface area (Å²) in [6.45, 7) is 1.86. The van der Waals surface area contributed by atoms with E-state index in [1.165, 1.54) is 6.33 Å². The van der Waals surface area contributed by atoms with Gasteiger partial charge in [-0.2, -0.15) is 5.10 Å². The van der Waals surface area contributed by atoms with Crippen molar-refractivity contribution in [1.29, 1.82) is 0 Å². The molecule has 0 aliphatic carbocycles. The molecular weight excluding hydrogens is 470 g/mol. The molecule has 1 aliphatic heterocycles. The van der Waals surface area contributed by atoms with Gasteiger partial charge in [0.15, 0.2) is 5.65 Å². The average Bonchev–Trinajstić information content (AvgIpc) is 3.49. The van der Waals surface area contributed by atoms with Gasteiger partial charge in [0.25, 0.3) is 5.91 Å². The highest BCUT2D eigenvalue weighted by atomic mass is 16.5. The summed E-state index contributed by atoms with van der Waals surface area (Å²) in [5.74, 6) is 0.635. The molecule has 0 unspecified atom stereocenters. The van der Waals surface area contributed by atoms with Crippen molar-refractivity contribution < 1.29 is 9.53 Å². The Morgan fingerprint density at radius 1 is 1.19 bits per heavy atom. The molecular formula is C26H27N9O2. The Hall–Kier alpha value is -4.51. The predicted molar refractivity (Wildman–Crippen MR) is 142 cm³/mol. The van der Waals surface area contributed by atoms with Crippen molar-refractivity contribution in [2.75, 3.05) is 31.2 Å². The first-order valence-corrected chi connectivity index (χ1v) is 12.1. The van der Waals surface area contributed by atoms with Crippen LogP contribution < -0.4 is 21.1 Å². The maximum Gasteiger partial charge on any atom is 0.272 e. The molecule has 0 saturated carbocycles. The zero-order chi connectivity index (χ0) is 25.5. The number of ether oxygens (including phenoxy) is 1. The molecule has 0 atom stereocenters. The summed E-state index contributed by atoms with van der Waals surface area (Å²) in [5, 5.41) is 12.9. The minimum Gasteiger partial charge on any atom is -0.495 e. The first kappa shape index (κ1) is 22.9. The van der Waals surface area contributed by atoms with Gasteiger partial charge in [-0.1, -0.05) is 6.07 Å². The first-order chi connectivity index (χ1) is 18.0. The molecule has 1 aliphatic rings. The van der Waals surface area contributed by atoms with Crippen molar-refractivity contribution in [1.82, 2.24) is 34.6 Å². The van der Waals surface area contributed by atoms with Crippen LogP contribution in [0.2, 0.25) is 0 Å². The van der Waals surface area contributed by atoms with E-state index >= 15 is 0 Å². The average molecular weight is 498 g/mol. The molecule has 37 heavy (non-hydrogen) atoms. The van der Waals surface area contributed by atoms with Gasteiger partial charge in [-0.3, -0.25) is 9.78 Å². The van der Waals surface area contributed by atoms with Gasteiger partial charge in [-0.15, -0.1) is 0 Å². The maximum absolute atomic E-state index is 13.2. The maximum atomic E-state index is 13.2. The second kappa shape index (κ2) is 9.17. The number of hydrogen-bond acceptors (Lipinski definition) is 8. The van der Waals surface area contributed by atoms with Gasteiger partial charge in [0, 0.05) is 30.4 Å². The highest BCUT2D eigenvalue weighted by molar-refractivity contribution is 6.07. The van der Waals surface area contributed by atoms with E-state index in [-0.39, 0.29) is 11.9 Å². The SMILES string of the molecule is COc1cc(-c2nn(C3CCNCC3)c3ncnc(N)c23)ccc1NC(=O)c1cc2cnccc2n1C. The Labute approximate surface area is 212 Å². The van der Waals surface area contributed by atoms with Crippen molar-refractivity contribution in [3.05, 3.63) is 54.7 Å². The van der Waals surface area contributed by atoms with E-state index in [1.54, 1.807) is 19.5 Å². The predicted octanol–water partition coefficient (Wildman–Crippen LogP) is 3.15. The number of methoxy groups -OCH3 is 1. The standard InChI is InChI=1S/C26H27N9O2/c1-34-19-7-10-29-13-16(19)11-20(34)26(36)32-18-4-3-15(12-21(18)37-2)23-22-24(27)30-14-31-25(22)35(33-23)17-5-8-28-9-6-17/h3-4,7,10-14,17,28H,5-6,8-9H2,1-2H3,(H,32,36)(H2,27,30,31). The second-order valence-electron chi connectivity index (χ2n) is 9.12. The number of piperidine rings is 1. The summed E-state index contributed by atoms with van der Waals surface area (Å²) in [6.07, 6.45) is 6.84. The molecule has 1 saturated heterocycles. The normalized spacial score (nSPS) is 14.3. The molecule has 5 heterocycles. The lowest BCUT2D eigenvalue weighted by atomic mass is 10.1. The number of carbonyl (C=O) groups is 1. The quantitative estimate of drug-likeness (QED) is 0.337. The lowest BCUT2D eigenvalue weighted by Crippen LogP contribution is -2.30. The van der Waals surface area contributed by atoms with Crippen LogP contribution in [0.25, 0.3) is 33.2 Å².